The number of piperazine rings is 1. The summed E-state index contributed by atoms with van der Waals surface area (Å²) in [6.45, 7) is 6.61. The van der Waals surface area contributed by atoms with Crippen molar-refractivity contribution in [3.8, 4) is 0 Å². The molecule has 5 heteroatoms. The van der Waals surface area contributed by atoms with Gasteiger partial charge in [0.05, 0.1) is 5.69 Å². The van der Waals surface area contributed by atoms with Crippen molar-refractivity contribution < 1.29 is 9.18 Å². The molecule has 1 heterocycles. The number of anilines is 1. The summed E-state index contributed by atoms with van der Waals surface area (Å²) in [5.74, 6) is -0.568. The van der Waals surface area contributed by atoms with Crippen LogP contribution in [0.5, 0.6) is 0 Å². The third kappa shape index (κ3) is 4.51. The molecular weight excluding hydrogens is 351 g/mol. The molecule has 0 aromatic heterocycles. The Morgan fingerprint density at radius 3 is 2.42 bits per heavy atom. The number of rotatable bonds is 5. The highest BCUT2D eigenvalue weighted by Crippen LogP contribution is 2.22. The van der Waals surface area contributed by atoms with Crippen LogP contribution in [0.3, 0.4) is 0 Å². The maximum absolute atomic E-state index is 14.5. The van der Waals surface area contributed by atoms with E-state index < -0.39 is 0 Å². The molecule has 0 atom stereocenters. The molecule has 1 aliphatic heterocycles. The van der Waals surface area contributed by atoms with Crippen LogP contribution in [0.4, 0.5) is 10.1 Å². The first kappa shape index (κ1) is 18.6. The van der Waals surface area contributed by atoms with Crippen LogP contribution in [0.15, 0.2) is 48.5 Å². The smallest absolute Gasteiger partial charge is 0.185 e. The van der Waals surface area contributed by atoms with E-state index in [2.05, 4.69) is 11.8 Å². The number of hydrogen-bond donors (Lipinski definition) is 0. The summed E-state index contributed by atoms with van der Waals surface area (Å²) in [5, 5.41) is 0.644. The summed E-state index contributed by atoms with van der Waals surface area (Å²) in [5.41, 5.74) is 1.79. The molecule has 1 fully saturated rings. The van der Waals surface area contributed by atoms with Crippen molar-refractivity contribution in [2.75, 3.05) is 37.6 Å². The van der Waals surface area contributed by atoms with E-state index in [1.807, 2.05) is 17.0 Å². The lowest BCUT2D eigenvalue weighted by Crippen LogP contribution is -2.46. The molecule has 0 spiro atoms. The fourth-order valence-electron chi connectivity index (χ4n) is 3.06. The minimum atomic E-state index is -0.347. The van der Waals surface area contributed by atoms with Crippen molar-refractivity contribution in [1.29, 1.82) is 0 Å². The molecule has 0 radical (unpaired) electrons. The van der Waals surface area contributed by atoms with Gasteiger partial charge in [0.2, 0.25) is 0 Å². The first-order chi connectivity index (χ1) is 12.6. The van der Waals surface area contributed by atoms with Crippen LogP contribution >= 0.6 is 11.6 Å². The minimum Gasteiger partial charge on any atom is -0.367 e. The molecule has 0 unspecified atom stereocenters. The third-order valence-corrected chi connectivity index (χ3v) is 4.94. The second-order valence-corrected chi connectivity index (χ2v) is 6.77. The van der Waals surface area contributed by atoms with Crippen molar-refractivity contribution in [1.82, 2.24) is 4.90 Å². The predicted molar refractivity (Wildman–Crippen MR) is 106 cm³/mol. The quantitative estimate of drug-likeness (QED) is 0.569. The molecular formula is C21H22ClFN2O. The second-order valence-electron chi connectivity index (χ2n) is 6.34. The Kier molecular flexibility index (Phi) is 6.07. The van der Waals surface area contributed by atoms with E-state index in [1.54, 1.807) is 30.3 Å². The standard InChI is InChI=1S/C21H22ClFN2O/c1-2-24-11-13-25(14-12-24)20-9-6-17(15-19(20)23)21(26)10-5-16-3-7-18(22)8-4-16/h3-10,15H,2,11-14H2,1H3. The maximum Gasteiger partial charge on any atom is 0.185 e. The first-order valence-electron chi connectivity index (χ1n) is 8.81. The number of carbonyl (C=O) groups is 1. The number of allylic oxidation sites excluding steroid dienone is 1. The number of ketones is 1. The van der Waals surface area contributed by atoms with E-state index in [4.69, 9.17) is 11.6 Å². The SMILES string of the molecule is CCN1CCN(c2ccc(C(=O)C=Cc3ccc(Cl)cc3)cc2F)CC1. The van der Waals surface area contributed by atoms with Crippen LogP contribution in [-0.4, -0.2) is 43.4 Å². The lowest BCUT2D eigenvalue weighted by atomic mass is 10.1. The minimum absolute atomic E-state index is 0.221. The Bertz CT molecular complexity index is 796. The van der Waals surface area contributed by atoms with E-state index >= 15 is 0 Å². The number of carbonyl (C=O) groups excluding carboxylic acids is 1. The highest BCUT2D eigenvalue weighted by atomic mass is 35.5. The van der Waals surface area contributed by atoms with Crippen molar-refractivity contribution in [3.05, 3.63) is 70.5 Å². The van der Waals surface area contributed by atoms with Gasteiger partial charge in [0.25, 0.3) is 0 Å². The van der Waals surface area contributed by atoms with Crippen LogP contribution in [-0.2, 0) is 0 Å². The first-order valence-corrected chi connectivity index (χ1v) is 9.19. The van der Waals surface area contributed by atoms with Crippen LogP contribution in [0.25, 0.3) is 6.08 Å². The summed E-state index contributed by atoms with van der Waals surface area (Å²) in [7, 11) is 0. The van der Waals surface area contributed by atoms with Crippen molar-refractivity contribution in [3.63, 3.8) is 0 Å². The Balaban J connectivity index is 1.68. The fraction of sp³-hybridized carbons (Fsp3) is 0.286. The number of benzene rings is 2. The van der Waals surface area contributed by atoms with Gasteiger partial charge in [0, 0.05) is 36.8 Å². The van der Waals surface area contributed by atoms with E-state index in [-0.39, 0.29) is 11.6 Å². The molecule has 3 nitrogen and oxygen atoms in total. The summed E-state index contributed by atoms with van der Waals surface area (Å²) >= 11 is 5.84. The molecule has 0 saturated carbocycles. The molecule has 0 aliphatic carbocycles. The third-order valence-electron chi connectivity index (χ3n) is 4.69. The number of nitrogens with zero attached hydrogens (tertiary/aromatic N) is 2. The van der Waals surface area contributed by atoms with E-state index in [0.717, 1.165) is 38.3 Å². The van der Waals surface area contributed by atoms with Gasteiger partial charge in [-0.25, -0.2) is 4.39 Å². The molecule has 2 aromatic carbocycles. The van der Waals surface area contributed by atoms with E-state index in [0.29, 0.717) is 16.3 Å². The molecule has 136 valence electrons. The summed E-state index contributed by atoms with van der Waals surface area (Å²) < 4.78 is 14.5. The van der Waals surface area contributed by atoms with Crippen LogP contribution < -0.4 is 4.90 Å². The monoisotopic (exact) mass is 372 g/mol. The zero-order valence-electron chi connectivity index (χ0n) is 14.8. The maximum atomic E-state index is 14.5. The van der Waals surface area contributed by atoms with Gasteiger partial charge in [-0.2, -0.15) is 0 Å². The Hall–Kier alpha value is -2.17. The van der Waals surface area contributed by atoms with Crippen molar-refractivity contribution in [2.24, 2.45) is 0 Å². The molecule has 0 N–H and O–H groups in total. The average molecular weight is 373 g/mol. The van der Waals surface area contributed by atoms with Gasteiger partial charge in [0.1, 0.15) is 5.82 Å². The second kappa shape index (κ2) is 8.47. The van der Waals surface area contributed by atoms with Gasteiger partial charge >= 0.3 is 0 Å². The van der Waals surface area contributed by atoms with Crippen LogP contribution in [0.1, 0.15) is 22.8 Å². The summed E-state index contributed by atoms with van der Waals surface area (Å²) in [6.07, 6.45) is 3.16. The van der Waals surface area contributed by atoms with Crippen molar-refractivity contribution >= 4 is 29.1 Å². The molecule has 3 rings (SSSR count). The van der Waals surface area contributed by atoms with Gasteiger partial charge in [-0.15, -0.1) is 0 Å². The Morgan fingerprint density at radius 1 is 1.12 bits per heavy atom. The number of likely N-dealkylation sites (N-methyl/N-ethyl adjacent to an activating group) is 1. The lowest BCUT2D eigenvalue weighted by Gasteiger charge is -2.35. The Morgan fingerprint density at radius 2 is 1.81 bits per heavy atom. The zero-order chi connectivity index (χ0) is 18.5. The van der Waals surface area contributed by atoms with Crippen LogP contribution in [0.2, 0.25) is 5.02 Å². The summed E-state index contributed by atoms with van der Waals surface area (Å²) in [4.78, 5) is 16.7. The highest BCUT2D eigenvalue weighted by Gasteiger charge is 2.19. The van der Waals surface area contributed by atoms with Gasteiger partial charge in [-0.1, -0.05) is 36.7 Å². The molecule has 26 heavy (non-hydrogen) atoms. The molecule has 1 aliphatic rings. The van der Waals surface area contributed by atoms with Gasteiger partial charge < -0.3 is 9.80 Å². The van der Waals surface area contributed by atoms with Gasteiger partial charge in [0.15, 0.2) is 5.78 Å². The topological polar surface area (TPSA) is 23.6 Å². The highest BCUT2D eigenvalue weighted by molar-refractivity contribution is 6.30. The van der Waals surface area contributed by atoms with E-state index in [1.165, 1.54) is 12.1 Å². The van der Waals surface area contributed by atoms with Crippen LogP contribution in [0, 0.1) is 5.82 Å². The van der Waals surface area contributed by atoms with Crippen molar-refractivity contribution in [2.45, 2.75) is 6.92 Å². The number of hydrogen-bond acceptors (Lipinski definition) is 3. The number of halogens is 2. The predicted octanol–water partition coefficient (Wildman–Crippen LogP) is 4.52. The Labute approximate surface area is 158 Å². The fourth-order valence-corrected chi connectivity index (χ4v) is 3.19. The van der Waals surface area contributed by atoms with E-state index in [9.17, 15) is 9.18 Å². The molecule has 1 saturated heterocycles. The van der Waals surface area contributed by atoms with Gasteiger partial charge in [-0.3, -0.25) is 4.79 Å². The molecule has 0 bridgehead atoms. The summed E-state index contributed by atoms with van der Waals surface area (Å²) in [6, 6.07) is 11.9. The van der Waals surface area contributed by atoms with Gasteiger partial charge in [-0.05, 0) is 48.5 Å². The molecule has 0 amide bonds. The zero-order valence-corrected chi connectivity index (χ0v) is 15.5. The molecule has 2 aromatic rings. The largest absolute Gasteiger partial charge is 0.367 e. The normalized spacial score (nSPS) is 15.6. The lowest BCUT2D eigenvalue weighted by molar-refractivity contribution is 0.104. The average Bonchev–Trinajstić information content (AvgIpc) is 2.67.